The molecule has 6 nitrogen and oxygen atoms in total. The molecule has 0 spiro atoms. The standard InChI is InChI=1S/C19H18N4O2/c24-18(14-5-7-20-8-6-14)22-9-11-23(12-10-22)19(25)17-13-15-3-1-2-4-16(15)21-17/h1-8,13,21H,9-12H2. The number of amides is 2. The highest BCUT2D eigenvalue weighted by atomic mass is 16.2. The molecule has 2 amide bonds. The molecule has 0 radical (unpaired) electrons. The van der Waals surface area contributed by atoms with Crippen LogP contribution in [0.15, 0.2) is 54.9 Å². The number of para-hydroxylation sites is 1. The van der Waals surface area contributed by atoms with Crippen LogP contribution in [0.2, 0.25) is 0 Å². The van der Waals surface area contributed by atoms with Crippen molar-refractivity contribution in [1.82, 2.24) is 19.8 Å². The number of hydrogen-bond donors (Lipinski definition) is 1. The van der Waals surface area contributed by atoms with Crippen molar-refractivity contribution >= 4 is 22.7 Å². The summed E-state index contributed by atoms with van der Waals surface area (Å²) in [6.45, 7) is 2.14. The van der Waals surface area contributed by atoms with Crippen molar-refractivity contribution in [2.45, 2.75) is 0 Å². The van der Waals surface area contributed by atoms with Gasteiger partial charge in [0.25, 0.3) is 11.8 Å². The van der Waals surface area contributed by atoms with E-state index in [1.165, 1.54) is 0 Å². The van der Waals surface area contributed by atoms with Crippen LogP contribution in [0.5, 0.6) is 0 Å². The Hall–Kier alpha value is -3.15. The number of hydrogen-bond acceptors (Lipinski definition) is 3. The number of piperazine rings is 1. The van der Waals surface area contributed by atoms with Gasteiger partial charge >= 0.3 is 0 Å². The maximum atomic E-state index is 12.7. The molecule has 1 saturated heterocycles. The maximum absolute atomic E-state index is 12.7. The normalized spacial score (nSPS) is 14.7. The third-order valence-corrected chi connectivity index (χ3v) is 4.54. The van der Waals surface area contributed by atoms with Gasteiger partial charge in [0.2, 0.25) is 0 Å². The molecule has 25 heavy (non-hydrogen) atoms. The first-order valence-electron chi connectivity index (χ1n) is 8.29. The first-order chi connectivity index (χ1) is 12.2. The number of aromatic nitrogens is 2. The Labute approximate surface area is 145 Å². The molecule has 3 aromatic rings. The molecule has 1 aromatic carbocycles. The van der Waals surface area contributed by atoms with Gasteiger partial charge in [-0.2, -0.15) is 0 Å². The van der Waals surface area contributed by atoms with E-state index in [4.69, 9.17) is 0 Å². The maximum Gasteiger partial charge on any atom is 0.270 e. The lowest BCUT2D eigenvalue weighted by Gasteiger charge is -2.34. The van der Waals surface area contributed by atoms with Gasteiger partial charge in [-0.3, -0.25) is 14.6 Å². The van der Waals surface area contributed by atoms with Crippen molar-refractivity contribution in [1.29, 1.82) is 0 Å². The second kappa shape index (κ2) is 6.39. The van der Waals surface area contributed by atoms with Crippen molar-refractivity contribution in [3.05, 3.63) is 66.1 Å². The molecule has 0 saturated carbocycles. The van der Waals surface area contributed by atoms with E-state index >= 15 is 0 Å². The Morgan fingerprint density at radius 2 is 1.52 bits per heavy atom. The topological polar surface area (TPSA) is 69.3 Å². The molecule has 126 valence electrons. The minimum atomic E-state index is -0.0211. The zero-order valence-electron chi connectivity index (χ0n) is 13.7. The van der Waals surface area contributed by atoms with Gasteiger partial charge in [-0.05, 0) is 24.3 Å². The number of nitrogens with zero attached hydrogens (tertiary/aromatic N) is 3. The molecule has 0 aliphatic carbocycles. The number of fused-ring (bicyclic) bond motifs is 1. The lowest BCUT2D eigenvalue weighted by atomic mass is 10.2. The lowest BCUT2D eigenvalue weighted by Crippen LogP contribution is -2.50. The van der Waals surface area contributed by atoms with E-state index in [1.54, 1.807) is 34.3 Å². The highest BCUT2D eigenvalue weighted by molar-refractivity contribution is 5.98. The fourth-order valence-electron chi connectivity index (χ4n) is 3.15. The summed E-state index contributed by atoms with van der Waals surface area (Å²) in [6.07, 6.45) is 3.23. The number of aromatic amines is 1. The van der Waals surface area contributed by atoms with Crippen LogP contribution in [-0.4, -0.2) is 57.8 Å². The van der Waals surface area contributed by atoms with E-state index in [1.807, 2.05) is 30.3 Å². The number of carbonyl (C=O) groups is 2. The molecule has 0 bridgehead atoms. The molecular formula is C19H18N4O2. The highest BCUT2D eigenvalue weighted by Gasteiger charge is 2.26. The van der Waals surface area contributed by atoms with Crippen LogP contribution in [-0.2, 0) is 0 Å². The van der Waals surface area contributed by atoms with E-state index in [0.717, 1.165) is 10.9 Å². The number of rotatable bonds is 2. The van der Waals surface area contributed by atoms with Crippen molar-refractivity contribution in [3.63, 3.8) is 0 Å². The Balaban J connectivity index is 1.43. The molecule has 0 atom stereocenters. The van der Waals surface area contributed by atoms with Gasteiger partial charge in [-0.1, -0.05) is 18.2 Å². The van der Waals surface area contributed by atoms with Gasteiger partial charge in [-0.25, -0.2) is 0 Å². The first-order valence-corrected chi connectivity index (χ1v) is 8.29. The smallest absolute Gasteiger partial charge is 0.270 e. The molecule has 1 aliphatic heterocycles. The number of H-pyrrole nitrogens is 1. The van der Waals surface area contributed by atoms with E-state index in [9.17, 15) is 9.59 Å². The zero-order valence-corrected chi connectivity index (χ0v) is 13.7. The largest absolute Gasteiger partial charge is 0.351 e. The fourth-order valence-corrected chi connectivity index (χ4v) is 3.15. The van der Waals surface area contributed by atoms with Gasteiger partial charge < -0.3 is 14.8 Å². The van der Waals surface area contributed by atoms with E-state index in [2.05, 4.69) is 9.97 Å². The van der Waals surface area contributed by atoms with Crippen molar-refractivity contribution in [2.24, 2.45) is 0 Å². The summed E-state index contributed by atoms with van der Waals surface area (Å²) in [4.78, 5) is 35.8. The summed E-state index contributed by atoms with van der Waals surface area (Å²) in [7, 11) is 0. The van der Waals surface area contributed by atoms with Crippen molar-refractivity contribution in [3.8, 4) is 0 Å². The van der Waals surface area contributed by atoms with Crippen LogP contribution in [0.1, 0.15) is 20.8 Å². The third kappa shape index (κ3) is 2.98. The average molecular weight is 334 g/mol. The van der Waals surface area contributed by atoms with Gasteiger partial charge in [0.05, 0.1) is 0 Å². The molecule has 2 aromatic heterocycles. The molecule has 3 heterocycles. The first kappa shape index (κ1) is 15.4. The summed E-state index contributed by atoms with van der Waals surface area (Å²) in [5, 5.41) is 1.03. The molecule has 0 unspecified atom stereocenters. The van der Waals surface area contributed by atoms with E-state index in [-0.39, 0.29) is 11.8 Å². The minimum absolute atomic E-state index is 0.0138. The molecular weight excluding hydrogens is 316 g/mol. The average Bonchev–Trinajstić information content (AvgIpc) is 3.12. The number of benzene rings is 1. The number of carbonyl (C=O) groups excluding carboxylic acids is 2. The molecule has 1 N–H and O–H groups in total. The number of nitrogens with one attached hydrogen (secondary N) is 1. The van der Waals surface area contributed by atoms with Crippen molar-refractivity contribution < 1.29 is 9.59 Å². The van der Waals surface area contributed by atoms with Gasteiger partial charge in [-0.15, -0.1) is 0 Å². The van der Waals surface area contributed by atoms with Crippen LogP contribution < -0.4 is 0 Å². The highest BCUT2D eigenvalue weighted by Crippen LogP contribution is 2.17. The fraction of sp³-hybridized carbons (Fsp3) is 0.211. The Morgan fingerprint density at radius 1 is 0.880 bits per heavy atom. The predicted molar refractivity (Wildman–Crippen MR) is 94.3 cm³/mol. The van der Waals surface area contributed by atoms with E-state index < -0.39 is 0 Å². The Bertz CT molecular complexity index is 878. The van der Waals surface area contributed by atoms with Crippen LogP contribution in [0.4, 0.5) is 0 Å². The quantitative estimate of drug-likeness (QED) is 0.781. The third-order valence-electron chi connectivity index (χ3n) is 4.54. The molecule has 1 fully saturated rings. The SMILES string of the molecule is O=C(c1ccncc1)N1CCN(C(=O)c2cc3ccccc3[nH]2)CC1. The summed E-state index contributed by atoms with van der Waals surface area (Å²) < 4.78 is 0. The molecule has 4 rings (SSSR count). The summed E-state index contributed by atoms with van der Waals surface area (Å²) in [6, 6.07) is 13.1. The van der Waals surface area contributed by atoms with Crippen LogP contribution in [0, 0.1) is 0 Å². The van der Waals surface area contributed by atoms with Crippen LogP contribution in [0.25, 0.3) is 10.9 Å². The van der Waals surface area contributed by atoms with Crippen LogP contribution in [0.3, 0.4) is 0 Å². The predicted octanol–water partition coefficient (Wildman–Crippen LogP) is 2.16. The second-order valence-corrected chi connectivity index (χ2v) is 6.09. The second-order valence-electron chi connectivity index (χ2n) is 6.09. The minimum Gasteiger partial charge on any atom is -0.351 e. The Kier molecular flexibility index (Phi) is 3.93. The van der Waals surface area contributed by atoms with Crippen molar-refractivity contribution in [2.75, 3.05) is 26.2 Å². The van der Waals surface area contributed by atoms with Gasteiger partial charge in [0, 0.05) is 55.0 Å². The molecule has 1 aliphatic rings. The summed E-state index contributed by atoms with van der Waals surface area (Å²) >= 11 is 0. The van der Waals surface area contributed by atoms with Gasteiger partial charge in [0.15, 0.2) is 0 Å². The van der Waals surface area contributed by atoms with E-state index in [0.29, 0.717) is 37.4 Å². The Morgan fingerprint density at radius 3 is 2.20 bits per heavy atom. The summed E-state index contributed by atoms with van der Waals surface area (Å²) in [5.74, 6) is -0.0349. The molecule has 6 heteroatoms. The number of pyridine rings is 1. The van der Waals surface area contributed by atoms with Crippen LogP contribution >= 0.6 is 0 Å². The van der Waals surface area contributed by atoms with Gasteiger partial charge in [0.1, 0.15) is 5.69 Å². The zero-order chi connectivity index (χ0) is 17.2. The summed E-state index contributed by atoms with van der Waals surface area (Å²) in [5.41, 5.74) is 2.18. The monoisotopic (exact) mass is 334 g/mol. The lowest BCUT2D eigenvalue weighted by molar-refractivity contribution is 0.0533.